The van der Waals surface area contributed by atoms with Crippen LogP contribution in [0.4, 0.5) is 10.5 Å². The molecule has 0 unspecified atom stereocenters. The number of halogens is 1. The lowest BCUT2D eigenvalue weighted by Crippen LogP contribution is -2.46. The molecule has 0 aromatic heterocycles. The molecular formula is C23H36IN5O3. The summed E-state index contributed by atoms with van der Waals surface area (Å²) in [4.78, 5) is 33.2. The summed E-state index contributed by atoms with van der Waals surface area (Å²) in [7, 11) is 0. The van der Waals surface area contributed by atoms with E-state index in [1.54, 1.807) is 0 Å². The molecule has 2 amide bonds. The van der Waals surface area contributed by atoms with Crippen molar-refractivity contribution in [1.82, 2.24) is 15.1 Å². The summed E-state index contributed by atoms with van der Waals surface area (Å²) in [6, 6.07) is 7.82. The van der Waals surface area contributed by atoms with Crippen LogP contribution in [0, 0.1) is 5.92 Å². The van der Waals surface area contributed by atoms with Crippen molar-refractivity contribution in [3.63, 3.8) is 0 Å². The van der Waals surface area contributed by atoms with Gasteiger partial charge in [-0.25, -0.2) is 9.79 Å². The van der Waals surface area contributed by atoms with Crippen molar-refractivity contribution >= 4 is 47.6 Å². The van der Waals surface area contributed by atoms with E-state index in [0.717, 1.165) is 75.6 Å². The van der Waals surface area contributed by atoms with E-state index in [-0.39, 0.29) is 41.9 Å². The Hall–Kier alpha value is -2.04. The van der Waals surface area contributed by atoms with Gasteiger partial charge in [0.15, 0.2) is 5.96 Å². The largest absolute Gasteiger partial charge is 0.466 e. The van der Waals surface area contributed by atoms with Crippen LogP contribution in [0.5, 0.6) is 0 Å². The first-order valence-corrected chi connectivity index (χ1v) is 11.5. The summed E-state index contributed by atoms with van der Waals surface area (Å²) < 4.78 is 5.16. The van der Waals surface area contributed by atoms with Gasteiger partial charge in [-0.3, -0.25) is 4.79 Å². The second kappa shape index (κ2) is 13.5. The molecule has 178 valence electrons. The van der Waals surface area contributed by atoms with E-state index in [1.165, 1.54) is 0 Å². The first-order valence-electron chi connectivity index (χ1n) is 11.5. The predicted molar refractivity (Wildman–Crippen MR) is 137 cm³/mol. The van der Waals surface area contributed by atoms with Gasteiger partial charge in [-0.05, 0) is 57.2 Å². The molecule has 1 aromatic rings. The fourth-order valence-corrected chi connectivity index (χ4v) is 4.05. The Bertz CT molecular complexity index is 775. The van der Waals surface area contributed by atoms with E-state index in [1.807, 2.05) is 36.1 Å². The van der Waals surface area contributed by atoms with Crippen LogP contribution in [-0.2, 0) is 16.1 Å². The lowest BCUT2D eigenvalue weighted by atomic mass is 9.97. The third-order valence-electron chi connectivity index (χ3n) is 5.73. The molecular weight excluding hydrogens is 521 g/mol. The highest BCUT2D eigenvalue weighted by molar-refractivity contribution is 14.0. The zero-order valence-electron chi connectivity index (χ0n) is 19.1. The smallest absolute Gasteiger partial charge is 0.321 e. The number of hydrogen-bond donors (Lipinski definition) is 2. The molecule has 0 saturated carbocycles. The van der Waals surface area contributed by atoms with Crippen molar-refractivity contribution in [3.8, 4) is 0 Å². The number of carbonyl (C=O) groups excluding carboxylic acids is 2. The number of esters is 1. The van der Waals surface area contributed by atoms with Gasteiger partial charge in [0.2, 0.25) is 0 Å². The van der Waals surface area contributed by atoms with Gasteiger partial charge in [0.05, 0.1) is 19.1 Å². The molecule has 0 bridgehead atoms. The molecule has 8 nitrogen and oxygen atoms in total. The van der Waals surface area contributed by atoms with Crippen LogP contribution in [0.1, 0.15) is 45.1 Å². The number of nitrogens with one attached hydrogen (secondary N) is 2. The number of likely N-dealkylation sites (tertiary alicyclic amines) is 2. The van der Waals surface area contributed by atoms with Crippen LogP contribution >= 0.6 is 24.0 Å². The molecule has 2 saturated heterocycles. The minimum atomic E-state index is -0.0862. The highest BCUT2D eigenvalue weighted by Gasteiger charge is 2.27. The Balaban J connectivity index is 0.00000363. The fraction of sp³-hybridized carbons (Fsp3) is 0.609. The summed E-state index contributed by atoms with van der Waals surface area (Å²) >= 11 is 0. The van der Waals surface area contributed by atoms with Crippen molar-refractivity contribution in [2.24, 2.45) is 10.9 Å². The Morgan fingerprint density at radius 1 is 1.09 bits per heavy atom. The minimum absolute atomic E-state index is 0. The number of urea groups is 1. The van der Waals surface area contributed by atoms with Crippen molar-refractivity contribution in [2.45, 2.75) is 46.1 Å². The van der Waals surface area contributed by atoms with E-state index in [0.29, 0.717) is 13.2 Å². The van der Waals surface area contributed by atoms with Gasteiger partial charge in [-0.2, -0.15) is 0 Å². The Kier molecular flexibility index (Phi) is 11.1. The van der Waals surface area contributed by atoms with Crippen molar-refractivity contribution in [1.29, 1.82) is 0 Å². The number of ether oxygens (including phenoxy) is 1. The van der Waals surface area contributed by atoms with Crippen LogP contribution in [0.2, 0.25) is 0 Å². The molecule has 2 N–H and O–H groups in total. The number of benzene rings is 1. The number of anilines is 1. The molecule has 0 radical (unpaired) electrons. The lowest BCUT2D eigenvalue weighted by Gasteiger charge is -2.33. The standard InChI is InChI=1S/C23H35N5O3.HI/c1-3-24-22(27-14-10-19(11-15-27)21(29)31-4-2)25-17-18-8-7-9-20(16-18)26-23(30)28-12-5-6-13-28;/h7-9,16,19H,3-6,10-15,17H2,1-2H3,(H,24,25)(H,26,30);1H. The third kappa shape index (κ3) is 7.53. The van der Waals surface area contributed by atoms with Crippen molar-refractivity contribution in [3.05, 3.63) is 29.8 Å². The quantitative estimate of drug-likeness (QED) is 0.241. The summed E-state index contributed by atoms with van der Waals surface area (Å²) in [5.41, 5.74) is 1.83. The minimum Gasteiger partial charge on any atom is -0.466 e. The van der Waals surface area contributed by atoms with E-state index in [2.05, 4.69) is 22.5 Å². The number of piperidine rings is 1. The number of carbonyl (C=O) groups is 2. The van der Waals surface area contributed by atoms with Crippen LogP contribution in [0.25, 0.3) is 0 Å². The number of amides is 2. The Morgan fingerprint density at radius 2 is 1.81 bits per heavy atom. The average molecular weight is 557 g/mol. The molecule has 2 aliphatic rings. The molecule has 0 atom stereocenters. The Morgan fingerprint density at radius 3 is 2.47 bits per heavy atom. The number of aliphatic imine (C=N–C) groups is 1. The zero-order chi connectivity index (χ0) is 22.1. The molecule has 2 heterocycles. The van der Waals surface area contributed by atoms with Gasteiger partial charge in [0, 0.05) is 38.4 Å². The maximum Gasteiger partial charge on any atom is 0.321 e. The van der Waals surface area contributed by atoms with Crippen LogP contribution in [0.15, 0.2) is 29.3 Å². The maximum atomic E-state index is 12.3. The average Bonchev–Trinajstić information content (AvgIpc) is 3.32. The second-order valence-electron chi connectivity index (χ2n) is 8.01. The highest BCUT2D eigenvalue weighted by Crippen LogP contribution is 2.19. The molecule has 3 rings (SSSR count). The van der Waals surface area contributed by atoms with E-state index in [4.69, 9.17) is 9.73 Å². The van der Waals surface area contributed by atoms with Crippen molar-refractivity contribution < 1.29 is 14.3 Å². The van der Waals surface area contributed by atoms with Crippen molar-refractivity contribution in [2.75, 3.05) is 44.6 Å². The number of guanidine groups is 1. The third-order valence-corrected chi connectivity index (χ3v) is 5.73. The van der Waals surface area contributed by atoms with Gasteiger partial charge in [-0.15, -0.1) is 24.0 Å². The van der Waals surface area contributed by atoms with E-state index in [9.17, 15) is 9.59 Å². The second-order valence-corrected chi connectivity index (χ2v) is 8.01. The molecule has 32 heavy (non-hydrogen) atoms. The summed E-state index contributed by atoms with van der Waals surface area (Å²) in [6.07, 6.45) is 3.71. The SMILES string of the molecule is CCNC(=NCc1cccc(NC(=O)N2CCCC2)c1)N1CCC(C(=O)OCC)CC1.I. The maximum absolute atomic E-state index is 12.3. The number of hydrogen-bond acceptors (Lipinski definition) is 4. The highest BCUT2D eigenvalue weighted by atomic mass is 127. The van der Waals surface area contributed by atoms with Crippen LogP contribution < -0.4 is 10.6 Å². The van der Waals surface area contributed by atoms with Gasteiger partial charge in [0.1, 0.15) is 0 Å². The molecule has 0 aliphatic carbocycles. The molecule has 2 fully saturated rings. The zero-order valence-corrected chi connectivity index (χ0v) is 21.5. The number of nitrogens with zero attached hydrogens (tertiary/aromatic N) is 3. The summed E-state index contributed by atoms with van der Waals surface area (Å²) in [5.74, 6) is 0.753. The first-order chi connectivity index (χ1) is 15.1. The topological polar surface area (TPSA) is 86.3 Å². The molecule has 0 spiro atoms. The van der Waals surface area contributed by atoms with Gasteiger partial charge >= 0.3 is 12.0 Å². The summed E-state index contributed by atoms with van der Waals surface area (Å²) in [5, 5.41) is 6.35. The van der Waals surface area contributed by atoms with Gasteiger partial charge < -0.3 is 25.2 Å². The lowest BCUT2D eigenvalue weighted by molar-refractivity contribution is -0.149. The molecule has 1 aromatic carbocycles. The predicted octanol–water partition coefficient (Wildman–Crippen LogP) is 3.67. The van der Waals surface area contributed by atoms with Gasteiger partial charge in [-0.1, -0.05) is 12.1 Å². The van der Waals surface area contributed by atoms with E-state index < -0.39 is 0 Å². The Labute approximate surface area is 208 Å². The normalized spacial score (nSPS) is 17.0. The molecule has 9 heteroatoms. The molecule has 2 aliphatic heterocycles. The van der Waals surface area contributed by atoms with E-state index >= 15 is 0 Å². The van der Waals surface area contributed by atoms with Crippen LogP contribution in [-0.4, -0.2) is 67.1 Å². The summed E-state index contributed by atoms with van der Waals surface area (Å²) in [6.45, 7) is 8.84. The fourth-order valence-electron chi connectivity index (χ4n) is 4.05. The monoisotopic (exact) mass is 557 g/mol. The number of rotatable bonds is 6. The van der Waals surface area contributed by atoms with Crippen LogP contribution in [0.3, 0.4) is 0 Å². The first kappa shape index (κ1) is 26.2. The van der Waals surface area contributed by atoms with Gasteiger partial charge in [0.25, 0.3) is 0 Å².